The SMILES string of the molecule is COC(=O)NC12CCC3CCCC1C32. The number of methoxy groups -OCH3 is 1. The molecule has 0 bridgehead atoms. The van der Waals surface area contributed by atoms with Crippen LogP contribution in [-0.2, 0) is 4.74 Å². The van der Waals surface area contributed by atoms with Crippen LogP contribution in [0.1, 0.15) is 32.1 Å². The Balaban J connectivity index is 1.76. The van der Waals surface area contributed by atoms with E-state index < -0.39 is 0 Å². The summed E-state index contributed by atoms with van der Waals surface area (Å²) in [7, 11) is 1.45. The van der Waals surface area contributed by atoms with Gasteiger partial charge in [-0.15, -0.1) is 0 Å². The molecule has 4 unspecified atom stereocenters. The fourth-order valence-electron chi connectivity index (χ4n) is 4.10. The third kappa shape index (κ3) is 0.904. The molecule has 3 aliphatic rings. The number of amides is 1. The summed E-state index contributed by atoms with van der Waals surface area (Å²) in [5.74, 6) is 2.45. The van der Waals surface area contributed by atoms with E-state index in [1.165, 1.54) is 39.2 Å². The van der Waals surface area contributed by atoms with Gasteiger partial charge in [-0.1, -0.05) is 12.8 Å². The lowest BCUT2D eigenvalue weighted by molar-refractivity contribution is 0.163. The lowest BCUT2D eigenvalue weighted by Gasteiger charge is -2.20. The van der Waals surface area contributed by atoms with Crippen LogP contribution in [-0.4, -0.2) is 18.7 Å². The molecule has 14 heavy (non-hydrogen) atoms. The maximum atomic E-state index is 11.3. The molecule has 0 aromatic heterocycles. The number of alkyl carbamates (subject to hydrolysis) is 1. The summed E-state index contributed by atoms with van der Waals surface area (Å²) >= 11 is 0. The lowest BCUT2D eigenvalue weighted by atomic mass is 9.87. The van der Waals surface area contributed by atoms with Gasteiger partial charge in [0.2, 0.25) is 0 Å². The van der Waals surface area contributed by atoms with E-state index in [9.17, 15) is 4.79 Å². The molecular weight excluding hydrogens is 178 g/mol. The van der Waals surface area contributed by atoms with Crippen molar-refractivity contribution in [2.45, 2.75) is 37.6 Å². The van der Waals surface area contributed by atoms with Gasteiger partial charge in [0, 0.05) is 5.54 Å². The van der Waals surface area contributed by atoms with Crippen molar-refractivity contribution in [2.75, 3.05) is 7.11 Å². The molecule has 0 aromatic rings. The number of rotatable bonds is 1. The summed E-state index contributed by atoms with van der Waals surface area (Å²) in [5.41, 5.74) is 0.161. The summed E-state index contributed by atoms with van der Waals surface area (Å²) in [5, 5.41) is 3.09. The van der Waals surface area contributed by atoms with Crippen molar-refractivity contribution in [3.63, 3.8) is 0 Å². The largest absolute Gasteiger partial charge is 0.453 e. The van der Waals surface area contributed by atoms with Gasteiger partial charge in [0.25, 0.3) is 0 Å². The topological polar surface area (TPSA) is 38.3 Å². The first-order chi connectivity index (χ1) is 6.78. The Labute approximate surface area is 84.2 Å². The molecule has 3 heteroatoms. The second-order valence-electron chi connectivity index (χ2n) is 5.02. The Morgan fingerprint density at radius 2 is 2.29 bits per heavy atom. The van der Waals surface area contributed by atoms with Gasteiger partial charge >= 0.3 is 6.09 Å². The van der Waals surface area contributed by atoms with Gasteiger partial charge in [-0.2, -0.15) is 0 Å². The molecule has 3 saturated carbocycles. The van der Waals surface area contributed by atoms with E-state index in [4.69, 9.17) is 4.74 Å². The molecule has 3 nitrogen and oxygen atoms in total. The maximum absolute atomic E-state index is 11.3. The number of carbonyl (C=O) groups excluding carboxylic acids is 1. The van der Waals surface area contributed by atoms with Crippen molar-refractivity contribution in [1.29, 1.82) is 0 Å². The van der Waals surface area contributed by atoms with Gasteiger partial charge in [-0.3, -0.25) is 0 Å². The van der Waals surface area contributed by atoms with E-state index in [-0.39, 0.29) is 11.6 Å². The second kappa shape index (κ2) is 2.65. The predicted molar refractivity (Wildman–Crippen MR) is 51.8 cm³/mol. The normalized spacial score (nSPS) is 48.2. The molecule has 0 spiro atoms. The van der Waals surface area contributed by atoms with Crippen LogP contribution in [0, 0.1) is 17.8 Å². The highest BCUT2D eigenvalue weighted by Gasteiger charge is 2.71. The van der Waals surface area contributed by atoms with Gasteiger partial charge in [0.05, 0.1) is 7.11 Å². The van der Waals surface area contributed by atoms with Crippen molar-refractivity contribution in [3.05, 3.63) is 0 Å². The van der Waals surface area contributed by atoms with E-state index in [2.05, 4.69) is 5.32 Å². The predicted octanol–water partition coefficient (Wildman–Crippen LogP) is 1.92. The first-order valence-electron chi connectivity index (χ1n) is 5.64. The molecular formula is C11H17NO2. The highest BCUT2D eigenvalue weighted by Crippen LogP contribution is 2.68. The Morgan fingerprint density at radius 1 is 1.43 bits per heavy atom. The third-order valence-electron chi connectivity index (χ3n) is 4.63. The Hall–Kier alpha value is -0.730. The standard InChI is InChI=1S/C11H17NO2/c1-14-10(13)12-11-6-5-7-3-2-4-8(11)9(7)11/h7-9H,2-6H2,1H3,(H,12,13). The van der Waals surface area contributed by atoms with Gasteiger partial charge in [-0.05, 0) is 37.0 Å². The van der Waals surface area contributed by atoms with E-state index in [0.717, 1.165) is 17.8 Å². The molecule has 0 radical (unpaired) electrons. The fourth-order valence-corrected chi connectivity index (χ4v) is 4.10. The molecule has 0 saturated heterocycles. The van der Waals surface area contributed by atoms with E-state index in [1.807, 2.05) is 0 Å². The van der Waals surface area contributed by atoms with Gasteiger partial charge in [-0.25, -0.2) is 4.79 Å². The van der Waals surface area contributed by atoms with E-state index >= 15 is 0 Å². The van der Waals surface area contributed by atoms with Crippen molar-refractivity contribution < 1.29 is 9.53 Å². The van der Waals surface area contributed by atoms with Crippen molar-refractivity contribution in [2.24, 2.45) is 17.8 Å². The minimum absolute atomic E-state index is 0.161. The van der Waals surface area contributed by atoms with Crippen molar-refractivity contribution in [3.8, 4) is 0 Å². The quantitative estimate of drug-likeness (QED) is 0.694. The van der Waals surface area contributed by atoms with Crippen LogP contribution in [0.4, 0.5) is 4.79 Å². The van der Waals surface area contributed by atoms with Crippen LogP contribution in [0.5, 0.6) is 0 Å². The maximum Gasteiger partial charge on any atom is 0.407 e. The summed E-state index contributed by atoms with van der Waals surface area (Å²) in [4.78, 5) is 11.3. The molecule has 0 aliphatic heterocycles. The first-order valence-corrected chi connectivity index (χ1v) is 5.64. The Morgan fingerprint density at radius 3 is 3.00 bits per heavy atom. The van der Waals surface area contributed by atoms with E-state index in [1.54, 1.807) is 0 Å². The van der Waals surface area contributed by atoms with Gasteiger partial charge < -0.3 is 10.1 Å². The summed E-state index contributed by atoms with van der Waals surface area (Å²) in [6.07, 6.45) is 6.31. The molecule has 3 fully saturated rings. The minimum Gasteiger partial charge on any atom is -0.453 e. The highest BCUT2D eigenvalue weighted by atomic mass is 16.5. The van der Waals surface area contributed by atoms with Crippen LogP contribution < -0.4 is 5.32 Å². The number of carbonyl (C=O) groups is 1. The number of hydrogen-bond donors (Lipinski definition) is 1. The zero-order chi connectivity index (χ0) is 9.76. The Bertz CT molecular complexity index is 278. The molecule has 0 heterocycles. The zero-order valence-corrected chi connectivity index (χ0v) is 8.58. The Kier molecular flexibility index (Phi) is 1.62. The van der Waals surface area contributed by atoms with Crippen molar-refractivity contribution in [1.82, 2.24) is 5.32 Å². The molecule has 4 atom stereocenters. The summed E-state index contributed by atoms with van der Waals surface area (Å²) in [6.45, 7) is 0. The van der Waals surface area contributed by atoms with Crippen LogP contribution in [0.25, 0.3) is 0 Å². The molecule has 0 aromatic carbocycles. The van der Waals surface area contributed by atoms with Crippen molar-refractivity contribution >= 4 is 6.09 Å². The number of hydrogen-bond acceptors (Lipinski definition) is 2. The van der Waals surface area contributed by atoms with Crippen LogP contribution in [0.3, 0.4) is 0 Å². The monoisotopic (exact) mass is 195 g/mol. The highest BCUT2D eigenvalue weighted by molar-refractivity contribution is 5.69. The lowest BCUT2D eigenvalue weighted by Crippen LogP contribution is -2.38. The third-order valence-corrected chi connectivity index (χ3v) is 4.63. The molecule has 78 valence electrons. The average molecular weight is 195 g/mol. The summed E-state index contributed by atoms with van der Waals surface area (Å²) < 4.78 is 4.70. The molecule has 3 aliphatic carbocycles. The van der Waals surface area contributed by atoms with Crippen LogP contribution in [0.15, 0.2) is 0 Å². The second-order valence-corrected chi connectivity index (χ2v) is 5.02. The van der Waals surface area contributed by atoms with Crippen LogP contribution >= 0.6 is 0 Å². The van der Waals surface area contributed by atoms with Crippen LogP contribution in [0.2, 0.25) is 0 Å². The van der Waals surface area contributed by atoms with E-state index in [0.29, 0.717) is 0 Å². The fraction of sp³-hybridized carbons (Fsp3) is 0.909. The smallest absolute Gasteiger partial charge is 0.407 e. The molecule has 1 amide bonds. The average Bonchev–Trinajstić information content (AvgIpc) is 2.66. The number of nitrogens with one attached hydrogen (secondary N) is 1. The van der Waals surface area contributed by atoms with Gasteiger partial charge in [0.15, 0.2) is 0 Å². The molecule has 3 rings (SSSR count). The molecule has 1 N–H and O–H groups in total. The first kappa shape index (κ1) is 8.57. The zero-order valence-electron chi connectivity index (χ0n) is 8.58. The minimum atomic E-state index is -0.236. The summed E-state index contributed by atoms with van der Waals surface area (Å²) in [6, 6.07) is 0. The van der Waals surface area contributed by atoms with Gasteiger partial charge in [0.1, 0.15) is 0 Å². The number of fused-ring (bicyclic) bond motifs is 1. The number of ether oxygens (including phenoxy) is 1.